The van der Waals surface area contributed by atoms with Crippen LogP contribution in [-0.4, -0.2) is 50.8 Å². The van der Waals surface area contributed by atoms with Crippen molar-refractivity contribution in [1.82, 2.24) is 9.62 Å². The zero-order valence-electron chi connectivity index (χ0n) is 14.8. The molecule has 8 heteroatoms. The molecule has 0 aliphatic carbocycles. The zero-order valence-corrected chi connectivity index (χ0v) is 15.7. The first-order valence-corrected chi connectivity index (χ1v) is 10.3. The molecule has 0 saturated carbocycles. The van der Waals surface area contributed by atoms with Gasteiger partial charge in [-0.2, -0.15) is 0 Å². The summed E-state index contributed by atoms with van der Waals surface area (Å²) >= 11 is 0. The highest BCUT2D eigenvalue weighted by molar-refractivity contribution is 7.89. The Morgan fingerprint density at radius 2 is 2.04 bits per heavy atom. The summed E-state index contributed by atoms with van der Waals surface area (Å²) in [6.45, 7) is 2.23. The molecule has 0 bridgehead atoms. The Kier molecular flexibility index (Phi) is 6.43. The Morgan fingerprint density at radius 1 is 1.22 bits per heavy atom. The highest BCUT2D eigenvalue weighted by Gasteiger charge is 2.27. The first-order chi connectivity index (χ1) is 13.0. The number of aliphatic hydroxyl groups is 1. The molecule has 6 nitrogen and oxygen atoms in total. The summed E-state index contributed by atoms with van der Waals surface area (Å²) in [7, 11) is -3.74. The van der Waals surface area contributed by atoms with Gasteiger partial charge in [0.1, 0.15) is 18.2 Å². The molecule has 146 valence electrons. The number of rotatable bonds is 8. The molecule has 1 aliphatic rings. The monoisotopic (exact) mass is 394 g/mol. The van der Waals surface area contributed by atoms with E-state index in [2.05, 4.69) is 9.62 Å². The molecule has 0 aromatic heterocycles. The predicted octanol–water partition coefficient (Wildman–Crippen LogP) is 1.75. The molecular weight excluding hydrogens is 371 g/mol. The quantitative estimate of drug-likeness (QED) is 0.713. The van der Waals surface area contributed by atoms with Gasteiger partial charge in [0.25, 0.3) is 0 Å². The van der Waals surface area contributed by atoms with Crippen LogP contribution >= 0.6 is 0 Å². The third kappa shape index (κ3) is 5.49. The van der Waals surface area contributed by atoms with E-state index in [1.807, 2.05) is 24.3 Å². The Hall–Kier alpha value is -2.00. The molecule has 1 aliphatic heterocycles. The molecular formula is C19H23FN2O4S. The first kappa shape index (κ1) is 19.8. The number of sulfonamides is 1. The summed E-state index contributed by atoms with van der Waals surface area (Å²) < 4.78 is 46.2. The lowest BCUT2D eigenvalue weighted by Crippen LogP contribution is -2.37. The van der Waals surface area contributed by atoms with E-state index < -0.39 is 15.8 Å². The number of hydrogen-bond donors (Lipinski definition) is 2. The fraction of sp³-hybridized carbons (Fsp3) is 0.368. The predicted molar refractivity (Wildman–Crippen MR) is 99.4 cm³/mol. The van der Waals surface area contributed by atoms with Gasteiger partial charge >= 0.3 is 0 Å². The van der Waals surface area contributed by atoms with E-state index in [0.29, 0.717) is 25.3 Å². The second kappa shape index (κ2) is 8.79. The highest BCUT2D eigenvalue weighted by atomic mass is 32.2. The summed E-state index contributed by atoms with van der Waals surface area (Å²) in [5.41, 5.74) is 1.05. The summed E-state index contributed by atoms with van der Waals surface area (Å²) in [6, 6.07) is 12.4. The van der Waals surface area contributed by atoms with Gasteiger partial charge in [-0.15, -0.1) is 0 Å². The Labute approximate surface area is 158 Å². The van der Waals surface area contributed by atoms with Gasteiger partial charge in [0.05, 0.1) is 11.5 Å². The lowest BCUT2D eigenvalue weighted by molar-refractivity contribution is 0.201. The number of nitrogens with one attached hydrogen (secondary N) is 1. The molecule has 1 saturated heterocycles. The SMILES string of the molecule is O=S(=O)(N[C@H]1CCN(Cc2cccc(OCCO)c2)C1)c1cccc(F)c1. The van der Waals surface area contributed by atoms with E-state index in [-0.39, 0.29) is 24.2 Å². The van der Waals surface area contributed by atoms with Crippen LogP contribution in [0.1, 0.15) is 12.0 Å². The number of hydrogen-bond acceptors (Lipinski definition) is 5. The number of halogens is 1. The van der Waals surface area contributed by atoms with Crippen LogP contribution in [0.3, 0.4) is 0 Å². The van der Waals surface area contributed by atoms with Crippen LogP contribution in [0.25, 0.3) is 0 Å². The zero-order chi connectivity index (χ0) is 19.3. The van der Waals surface area contributed by atoms with Gasteiger partial charge in [-0.25, -0.2) is 17.5 Å². The summed E-state index contributed by atoms with van der Waals surface area (Å²) in [4.78, 5) is 2.10. The minimum absolute atomic E-state index is 0.0382. The second-order valence-electron chi connectivity index (χ2n) is 6.52. The molecule has 0 amide bonds. The first-order valence-electron chi connectivity index (χ1n) is 8.79. The number of benzene rings is 2. The molecule has 2 aromatic carbocycles. The van der Waals surface area contributed by atoms with Gasteiger partial charge in [0.2, 0.25) is 10.0 Å². The summed E-state index contributed by atoms with van der Waals surface area (Å²) in [5.74, 6) is 0.123. The topological polar surface area (TPSA) is 78.9 Å². The van der Waals surface area contributed by atoms with Crippen molar-refractivity contribution in [2.45, 2.75) is 23.9 Å². The molecule has 0 spiro atoms. The van der Waals surface area contributed by atoms with Gasteiger partial charge in [-0.3, -0.25) is 4.90 Å². The minimum atomic E-state index is -3.74. The Balaban J connectivity index is 1.57. The van der Waals surface area contributed by atoms with Gasteiger partial charge in [0.15, 0.2) is 0 Å². The van der Waals surface area contributed by atoms with Gasteiger partial charge in [0, 0.05) is 25.7 Å². The highest BCUT2D eigenvalue weighted by Crippen LogP contribution is 2.19. The lowest BCUT2D eigenvalue weighted by Gasteiger charge is -2.17. The fourth-order valence-corrected chi connectivity index (χ4v) is 4.44. The Morgan fingerprint density at radius 3 is 2.81 bits per heavy atom. The molecule has 0 unspecified atom stereocenters. The lowest BCUT2D eigenvalue weighted by atomic mass is 10.2. The maximum atomic E-state index is 13.3. The Bertz CT molecular complexity index is 876. The van der Waals surface area contributed by atoms with Crippen molar-refractivity contribution in [2.24, 2.45) is 0 Å². The number of nitrogens with zero attached hydrogens (tertiary/aromatic N) is 1. The average Bonchev–Trinajstić information content (AvgIpc) is 3.06. The molecule has 1 heterocycles. The maximum absolute atomic E-state index is 13.3. The van der Waals surface area contributed by atoms with Crippen LogP contribution in [0.15, 0.2) is 53.4 Å². The van der Waals surface area contributed by atoms with Crippen LogP contribution < -0.4 is 9.46 Å². The van der Waals surface area contributed by atoms with Crippen molar-refractivity contribution < 1.29 is 22.7 Å². The third-order valence-corrected chi connectivity index (χ3v) is 5.88. The van der Waals surface area contributed by atoms with Crippen LogP contribution in [-0.2, 0) is 16.6 Å². The molecule has 2 aromatic rings. The third-order valence-electron chi connectivity index (χ3n) is 4.37. The molecule has 0 radical (unpaired) electrons. The average molecular weight is 394 g/mol. The molecule has 3 rings (SSSR count). The van der Waals surface area contributed by atoms with Crippen molar-refractivity contribution >= 4 is 10.0 Å². The van der Waals surface area contributed by atoms with Crippen molar-refractivity contribution in [1.29, 1.82) is 0 Å². The van der Waals surface area contributed by atoms with Crippen molar-refractivity contribution in [3.63, 3.8) is 0 Å². The van der Waals surface area contributed by atoms with Crippen molar-refractivity contribution in [3.05, 3.63) is 59.9 Å². The van der Waals surface area contributed by atoms with Crippen LogP contribution in [0.4, 0.5) is 4.39 Å². The van der Waals surface area contributed by atoms with Crippen LogP contribution in [0, 0.1) is 5.82 Å². The molecule has 27 heavy (non-hydrogen) atoms. The minimum Gasteiger partial charge on any atom is -0.491 e. The van der Waals surface area contributed by atoms with Gasteiger partial charge in [-0.1, -0.05) is 18.2 Å². The standard InChI is InChI=1S/C19H23FN2O4S/c20-16-4-2-6-19(12-16)27(24,25)21-17-7-8-22(14-17)13-15-3-1-5-18(11-15)26-10-9-23/h1-6,11-12,17,21,23H,7-10,13-14H2/t17-/m0/s1. The molecule has 2 N–H and O–H groups in total. The van der Waals surface area contributed by atoms with Crippen molar-refractivity contribution in [2.75, 3.05) is 26.3 Å². The number of ether oxygens (including phenoxy) is 1. The van der Waals surface area contributed by atoms with E-state index in [1.54, 1.807) is 0 Å². The normalized spacial score (nSPS) is 17.9. The van der Waals surface area contributed by atoms with Crippen molar-refractivity contribution in [3.8, 4) is 5.75 Å². The van der Waals surface area contributed by atoms with E-state index >= 15 is 0 Å². The van der Waals surface area contributed by atoms with E-state index in [1.165, 1.54) is 18.2 Å². The van der Waals surface area contributed by atoms with Crippen LogP contribution in [0.2, 0.25) is 0 Å². The molecule has 1 atom stereocenters. The largest absolute Gasteiger partial charge is 0.491 e. The smallest absolute Gasteiger partial charge is 0.240 e. The van der Waals surface area contributed by atoms with Crippen LogP contribution in [0.5, 0.6) is 5.75 Å². The van der Waals surface area contributed by atoms with Gasteiger partial charge in [-0.05, 0) is 42.3 Å². The fourth-order valence-electron chi connectivity index (χ4n) is 3.15. The van der Waals surface area contributed by atoms with Gasteiger partial charge < -0.3 is 9.84 Å². The number of likely N-dealkylation sites (tertiary alicyclic amines) is 1. The maximum Gasteiger partial charge on any atom is 0.240 e. The van der Waals surface area contributed by atoms with E-state index in [4.69, 9.17) is 9.84 Å². The van der Waals surface area contributed by atoms with E-state index in [0.717, 1.165) is 18.2 Å². The second-order valence-corrected chi connectivity index (χ2v) is 8.23. The molecule has 1 fully saturated rings. The van der Waals surface area contributed by atoms with E-state index in [9.17, 15) is 12.8 Å². The number of aliphatic hydroxyl groups excluding tert-OH is 1. The summed E-state index contributed by atoms with van der Waals surface area (Å²) in [6.07, 6.45) is 0.690. The summed E-state index contributed by atoms with van der Waals surface area (Å²) in [5, 5.41) is 8.84.